The van der Waals surface area contributed by atoms with E-state index in [1.807, 2.05) is 24.3 Å². The van der Waals surface area contributed by atoms with Gasteiger partial charge in [-0.25, -0.2) is 26.2 Å². The molecule has 196 valence electrons. The van der Waals surface area contributed by atoms with Crippen LogP contribution in [-0.4, -0.2) is 17.4 Å². The number of nitrogens with zero attached hydrogens (tertiary/aromatic N) is 2. The maximum Gasteiger partial charge on any atom is 0.269 e. The Bertz CT molecular complexity index is 2050. The molecule has 2 aromatic heterocycles. The van der Waals surface area contributed by atoms with Crippen molar-refractivity contribution in [2.45, 2.75) is 4.90 Å². The molecule has 0 saturated carbocycles. The molecule has 2 heterocycles. The first kappa shape index (κ1) is 25.4. The van der Waals surface area contributed by atoms with E-state index in [9.17, 15) is 17.2 Å². The zero-order valence-electron chi connectivity index (χ0n) is 21.1. The normalized spacial score (nSPS) is 12.2. The van der Waals surface area contributed by atoms with Gasteiger partial charge in [0.2, 0.25) is 0 Å². The third kappa shape index (κ3) is 4.83. The molecule has 0 N–H and O–H groups in total. The van der Waals surface area contributed by atoms with Crippen LogP contribution in [0.5, 0.6) is 0 Å². The van der Waals surface area contributed by atoms with Crippen LogP contribution in [0.2, 0.25) is 0 Å². The maximum atomic E-state index is 13.9. The number of rotatable bonds is 6. The van der Waals surface area contributed by atoms with Crippen LogP contribution in [0.15, 0.2) is 114 Å². The molecule has 0 atom stereocenters. The molecule has 7 heteroatoms. The molecule has 40 heavy (non-hydrogen) atoms. The lowest BCUT2D eigenvalue weighted by Gasteiger charge is -2.08. The summed E-state index contributed by atoms with van der Waals surface area (Å²) in [5, 5.41) is 1.33. The largest absolute Gasteiger partial charge is 0.269 e. The first-order valence-electron chi connectivity index (χ1n) is 12.5. The van der Waals surface area contributed by atoms with Crippen molar-refractivity contribution in [3.05, 3.63) is 143 Å². The molecule has 0 saturated heterocycles. The number of hydrogen-bond acceptors (Lipinski definition) is 3. The van der Waals surface area contributed by atoms with Gasteiger partial charge in [0.05, 0.1) is 10.4 Å². The van der Waals surface area contributed by atoms with E-state index in [4.69, 9.17) is 0 Å². The predicted octanol–water partition coefficient (Wildman–Crippen LogP) is 8.05. The van der Waals surface area contributed by atoms with Gasteiger partial charge in [0.1, 0.15) is 11.6 Å². The van der Waals surface area contributed by atoms with Crippen molar-refractivity contribution in [1.82, 2.24) is 8.96 Å². The van der Waals surface area contributed by atoms with Gasteiger partial charge in [0.25, 0.3) is 10.0 Å². The van der Waals surface area contributed by atoms with Crippen molar-refractivity contribution in [2.75, 3.05) is 0 Å². The third-order valence-electron chi connectivity index (χ3n) is 6.57. The van der Waals surface area contributed by atoms with E-state index in [1.165, 1.54) is 28.2 Å². The molecule has 0 aliphatic heterocycles. The average molecular weight is 549 g/mol. The fourth-order valence-electron chi connectivity index (χ4n) is 4.72. The first-order valence-corrected chi connectivity index (χ1v) is 14.0. The van der Waals surface area contributed by atoms with Crippen LogP contribution in [0, 0.1) is 11.6 Å². The molecular formula is C33H22F2N2O2S. The highest BCUT2D eigenvalue weighted by molar-refractivity contribution is 7.90. The van der Waals surface area contributed by atoms with E-state index < -0.39 is 10.0 Å². The van der Waals surface area contributed by atoms with E-state index in [-0.39, 0.29) is 22.2 Å². The molecule has 4 nitrogen and oxygen atoms in total. The van der Waals surface area contributed by atoms with Gasteiger partial charge in [-0.1, -0.05) is 72.8 Å². The number of fused-ring (bicyclic) bond motifs is 3. The Balaban J connectivity index is 1.58. The lowest BCUT2D eigenvalue weighted by Crippen LogP contribution is -2.13. The molecule has 4 aromatic carbocycles. The molecule has 0 bridgehead atoms. The fourth-order valence-corrected chi connectivity index (χ4v) is 6.22. The van der Waals surface area contributed by atoms with E-state index in [2.05, 4.69) is 4.98 Å². The van der Waals surface area contributed by atoms with E-state index >= 15 is 0 Å². The summed E-state index contributed by atoms with van der Waals surface area (Å²) in [6, 6.07) is 28.0. The molecule has 6 rings (SSSR count). The van der Waals surface area contributed by atoms with Crippen LogP contribution >= 0.6 is 0 Å². The van der Waals surface area contributed by atoms with Crippen LogP contribution in [-0.2, 0) is 10.0 Å². The minimum absolute atomic E-state index is 0.145. The van der Waals surface area contributed by atoms with Crippen molar-refractivity contribution in [2.24, 2.45) is 0 Å². The van der Waals surface area contributed by atoms with Crippen LogP contribution in [0.4, 0.5) is 8.78 Å². The second-order valence-electron chi connectivity index (χ2n) is 9.23. The van der Waals surface area contributed by atoms with Gasteiger partial charge in [0, 0.05) is 17.0 Å². The van der Waals surface area contributed by atoms with Crippen molar-refractivity contribution in [3.8, 4) is 0 Å². The summed E-state index contributed by atoms with van der Waals surface area (Å²) in [5.74, 6) is -0.671. The summed E-state index contributed by atoms with van der Waals surface area (Å²) < 4.78 is 56.5. The zero-order chi connectivity index (χ0) is 27.7. The molecule has 0 spiro atoms. The summed E-state index contributed by atoms with van der Waals surface area (Å²) in [7, 11) is -3.99. The molecule has 0 unspecified atom stereocenters. The number of benzene rings is 4. The highest BCUT2D eigenvalue weighted by Crippen LogP contribution is 2.35. The van der Waals surface area contributed by atoms with Crippen LogP contribution in [0.25, 0.3) is 46.2 Å². The molecule has 0 amide bonds. The molecule has 6 aromatic rings. The zero-order valence-corrected chi connectivity index (χ0v) is 21.9. The number of hydrogen-bond donors (Lipinski definition) is 0. The summed E-state index contributed by atoms with van der Waals surface area (Å²) in [6.45, 7) is 0. The second kappa shape index (κ2) is 10.4. The highest BCUT2D eigenvalue weighted by atomic mass is 32.2. The maximum absolute atomic E-state index is 13.9. The Morgan fingerprint density at radius 1 is 0.650 bits per heavy atom. The number of halogens is 2. The van der Waals surface area contributed by atoms with Gasteiger partial charge in [-0.3, -0.25) is 0 Å². The Morgan fingerprint density at radius 3 is 1.93 bits per heavy atom. The summed E-state index contributed by atoms with van der Waals surface area (Å²) in [5.41, 5.74) is 3.66. The van der Waals surface area contributed by atoms with Crippen molar-refractivity contribution < 1.29 is 17.2 Å². The van der Waals surface area contributed by atoms with Crippen LogP contribution < -0.4 is 0 Å². The third-order valence-corrected chi connectivity index (χ3v) is 8.28. The predicted molar refractivity (Wildman–Crippen MR) is 157 cm³/mol. The summed E-state index contributed by atoms with van der Waals surface area (Å²) >= 11 is 0. The van der Waals surface area contributed by atoms with Gasteiger partial charge in [0.15, 0.2) is 5.65 Å². The number of aromatic nitrogens is 2. The van der Waals surface area contributed by atoms with Gasteiger partial charge in [-0.15, -0.1) is 0 Å². The van der Waals surface area contributed by atoms with Crippen molar-refractivity contribution >= 4 is 56.3 Å². The Kier molecular flexibility index (Phi) is 6.58. The molecule has 0 aliphatic rings. The van der Waals surface area contributed by atoms with Gasteiger partial charge >= 0.3 is 0 Å². The van der Waals surface area contributed by atoms with Crippen molar-refractivity contribution in [1.29, 1.82) is 0 Å². The SMILES string of the molecule is O=S(=O)(c1ccccc1)n1c2ccc(C=Cc3cccc(F)c3)cc2c2c(C=Cc3cccc(F)c3)ccnc21. The summed E-state index contributed by atoms with van der Waals surface area (Å²) in [4.78, 5) is 4.65. The van der Waals surface area contributed by atoms with E-state index in [0.29, 0.717) is 27.4 Å². The molecule has 0 fully saturated rings. The first-order chi connectivity index (χ1) is 19.4. The molecular weight excluding hydrogens is 526 g/mol. The summed E-state index contributed by atoms with van der Waals surface area (Å²) in [6.07, 6.45) is 8.82. The lowest BCUT2D eigenvalue weighted by molar-refractivity contribution is 0.590. The van der Waals surface area contributed by atoms with E-state index in [1.54, 1.807) is 85.1 Å². The quantitative estimate of drug-likeness (QED) is 0.198. The molecule has 0 radical (unpaired) electrons. The Labute approximate surface area is 230 Å². The second-order valence-corrected chi connectivity index (χ2v) is 11.0. The Morgan fingerprint density at radius 2 is 1.27 bits per heavy atom. The van der Waals surface area contributed by atoms with E-state index in [0.717, 1.165) is 11.1 Å². The van der Waals surface area contributed by atoms with Crippen LogP contribution in [0.1, 0.15) is 22.3 Å². The monoisotopic (exact) mass is 548 g/mol. The lowest BCUT2D eigenvalue weighted by atomic mass is 10.0. The number of pyridine rings is 1. The minimum atomic E-state index is -3.99. The highest BCUT2D eigenvalue weighted by Gasteiger charge is 2.25. The van der Waals surface area contributed by atoms with Crippen LogP contribution in [0.3, 0.4) is 0 Å². The van der Waals surface area contributed by atoms with Gasteiger partial charge in [-0.2, -0.15) is 0 Å². The van der Waals surface area contributed by atoms with Crippen molar-refractivity contribution in [3.63, 3.8) is 0 Å². The fraction of sp³-hybridized carbons (Fsp3) is 0. The smallest absolute Gasteiger partial charge is 0.237 e. The average Bonchev–Trinajstić information content (AvgIpc) is 3.30. The van der Waals surface area contributed by atoms with Gasteiger partial charge in [-0.05, 0) is 76.9 Å². The minimum Gasteiger partial charge on any atom is -0.237 e. The Hall–Kier alpha value is -4.88. The standard InChI is InChI=1S/C33H22F2N2O2S/c34-27-8-4-6-23(20-27)12-13-25-15-17-31-30(22-25)32-26(16-14-24-7-5-9-28(35)21-24)18-19-36-33(32)37(31)40(38,39)29-10-2-1-3-11-29/h1-22H. The van der Waals surface area contributed by atoms with Gasteiger partial charge < -0.3 is 0 Å². The molecule has 0 aliphatic carbocycles. The topological polar surface area (TPSA) is 52.0 Å².